The first-order valence-electron chi connectivity index (χ1n) is 6.00. The molecular weight excluding hydrogens is 227 g/mol. The van der Waals surface area contributed by atoms with E-state index in [0.29, 0.717) is 11.6 Å². The van der Waals surface area contributed by atoms with Crippen LogP contribution in [0.15, 0.2) is 48.5 Å². The Labute approximate surface area is 107 Å². The number of rotatable bonds is 4. The van der Waals surface area contributed by atoms with Gasteiger partial charge in [-0.3, -0.25) is 0 Å². The molecule has 94 valence electrons. The molecule has 2 nitrogen and oxygen atoms in total. The molecule has 0 amide bonds. The summed E-state index contributed by atoms with van der Waals surface area (Å²) in [5.41, 5.74) is 8.01. The first-order valence-corrected chi connectivity index (χ1v) is 6.00. The molecule has 3 heteroatoms. The summed E-state index contributed by atoms with van der Waals surface area (Å²) in [5.74, 6) is 0.0422. The van der Waals surface area contributed by atoms with Gasteiger partial charge in [0.2, 0.25) is 0 Å². The Morgan fingerprint density at radius 1 is 1.17 bits per heavy atom. The summed E-state index contributed by atoms with van der Waals surface area (Å²) in [4.78, 5) is 0. The molecule has 1 unspecified atom stereocenters. The Morgan fingerprint density at radius 2 is 1.89 bits per heavy atom. The summed E-state index contributed by atoms with van der Waals surface area (Å²) in [6.45, 7) is 2.87. The Bertz CT molecular complexity index is 491. The lowest BCUT2D eigenvalue weighted by molar-refractivity contribution is 0.628. The van der Waals surface area contributed by atoms with Crippen molar-refractivity contribution in [1.29, 1.82) is 0 Å². The fourth-order valence-corrected chi connectivity index (χ4v) is 1.88. The number of hydrogen-bond acceptors (Lipinski definition) is 2. The lowest BCUT2D eigenvalue weighted by Gasteiger charge is -2.14. The number of benzene rings is 2. The summed E-state index contributed by atoms with van der Waals surface area (Å²) >= 11 is 0. The molecule has 0 heterocycles. The van der Waals surface area contributed by atoms with E-state index in [9.17, 15) is 4.39 Å². The highest BCUT2D eigenvalue weighted by Gasteiger charge is 2.05. The monoisotopic (exact) mass is 244 g/mol. The molecule has 0 bridgehead atoms. The van der Waals surface area contributed by atoms with Crippen molar-refractivity contribution >= 4 is 11.4 Å². The topological polar surface area (TPSA) is 38.0 Å². The number of hydrogen-bond donors (Lipinski definition) is 2. The Hall–Kier alpha value is -2.03. The van der Waals surface area contributed by atoms with Crippen molar-refractivity contribution in [3.05, 3.63) is 59.9 Å². The van der Waals surface area contributed by atoms with Crippen LogP contribution in [-0.2, 0) is 0 Å². The zero-order valence-electron chi connectivity index (χ0n) is 10.4. The zero-order valence-corrected chi connectivity index (χ0v) is 10.4. The first-order chi connectivity index (χ1) is 8.65. The van der Waals surface area contributed by atoms with Crippen molar-refractivity contribution < 1.29 is 4.39 Å². The fraction of sp³-hybridized carbons (Fsp3) is 0.200. The summed E-state index contributed by atoms with van der Waals surface area (Å²) < 4.78 is 13.2. The minimum absolute atomic E-state index is 0.315. The molecule has 0 saturated carbocycles. The van der Waals surface area contributed by atoms with E-state index in [1.165, 1.54) is 17.7 Å². The van der Waals surface area contributed by atoms with E-state index < -0.39 is 0 Å². The predicted octanol–water partition coefficient (Wildman–Crippen LogP) is 3.62. The number of nitrogens with two attached hydrogens (primary N) is 1. The van der Waals surface area contributed by atoms with E-state index in [0.717, 1.165) is 12.2 Å². The fourth-order valence-electron chi connectivity index (χ4n) is 1.88. The van der Waals surface area contributed by atoms with Gasteiger partial charge < -0.3 is 11.1 Å². The maximum absolute atomic E-state index is 13.2. The molecule has 0 saturated heterocycles. The molecule has 0 fully saturated rings. The molecule has 2 aromatic rings. The van der Waals surface area contributed by atoms with Gasteiger partial charge in [-0.1, -0.05) is 37.3 Å². The van der Waals surface area contributed by atoms with Crippen molar-refractivity contribution in [2.45, 2.75) is 12.8 Å². The number of nitrogens with one attached hydrogen (secondary N) is 1. The molecule has 0 radical (unpaired) electrons. The maximum atomic E-state index is 13.2. The maximum Gasteiger partial charge on any atom is 0.127 e. The molecule has 0 aromatic heterocycles. The van der Waals surface area contributed by atoms with Gasteiger partial charge in [0, 0.05) is 17.9 Å². The minimum Gasteiger partial charge on any atom is -0.399 e. The lowest BCUT2D eigenvalue weighted by atomic mass is 10.0. The van der Waals surface area contributed by atoms with Crippen LogP contribution in [0.25, 0.3) is 0 Å². The van der Waals surface area contributed by atoms with Crippen molar-refractivity contribution in [1.82, 2.24) is 0 Å². The molecule has 0 aliphatic heterocycles. The molecule has 2 aromatic carbocycles. The van der Waals surface area contributed by atoms with Gasteiger partial charge in [-0.15, -0.1) is 0 Å². The van der Waals surface area contributed by atoms with Crippen molar-refractivity contribution in [3.63, 3.8) is 0 Å². The van der Waals surface area contributed by atoms with Crippen LogP contribution in [0.5, 0.6) is 0 Å². The van der Waals surface area contributed by atoms with Gasteiger partial charge in [0.1, 0.15) is 5.82 Å². The summed E-state index contributed by atoms with van der Waals surface area (Å²) in [5, 5.41) is 3.20. The van der Waals surface area contributed by atoms with Crippen LogP contribution in [0.2, 0.25) is 0 Å². The van der Waals surface area contributed by atoms with Gasteiger partial charge in [0.25, 0.3) is 0 Å². The predicted molar refractivity (Wildman–Crippen MR) is 74.2 cm³/mol. The quantitative estimate of drug-likeness (QED) is 0.806. The van der Waals surface area contributed by atoms with E-state index in [2.05, 4.69) is 24.4 Å². The van der Waals surface area contributed by atoms with E-state index in [-0.39, 0.29) is 5.82 Å². The minimum atomic E-state index is -0.315. The second-order valence-corrected chi connectivity index (χ2v) is 4.47. The van der Waals surface area contributed by atoms with Gasteiger partial charge in [-0.05, 0) is 29.7 Å². The van der Waals surface area contributed by atoms with E-state index >= 15 is 0 Å². The molecule has 0 spiro atoms. The summed E-state index contributed by atoms with van der Waals surface area (Å²) in [6.07, 6.45) is 0. The Morgan fingerprint density at radius 3 is 2.56 bits per heavy atom. The summed E-state index contributed by atoms with van der Waals surface area (Å²) in [7, 11) is 0. The average molecular weight is 244 g/mol. The van der Waals surface area contributed by atoms with Crippen molar-refractivity contribution in [3.8, 4) is 0 Å². The Balaban J connectivity index is 1.99. The van der Waals surface area contributed by atoms with Gasteiger partial charge >= 0.3 is 0 Å². The van der Waals surface area contributed by atoms with Crippen LogP contribution in [0, 0.1) is 5.82 Å². The van der Waals surface area contributed by atoms with Crippen LogP contribution in [0.3, 0.4) is 0 Å². The Kier molecular flexibility index (Phi) is 3.82. The van der Waals surface area contributed by atoms with Gasteiger partial charge in [-0.25, -0.2) is 4.39 Å². The zero-order chi connectivity index (χ0) is 13.0. The van der Waals surface area contributed by atoms with E-state index in [1.54, 1.807) is 6.07 Å². The molecule has 0 aliphatic rings. The number of anilines is 2. The largest absolute Gasteiger partial charge is 0.399 e. The second kappa shape index (κ2) is 5.54. The third kappa shape index (κ3) is 3.23. The molecule has 3 N–H and O–H groups in total. The van der Waals surface area contributed by atoms with Crippen LogP contribution in [-0.4, -0.2) is 6.54 Å². The third-order valence-corrected chi connectivity index (χ3v) is 2.90. The van der Waals surface area contributed by atoms with Gasteiger partial charge in [-0.2, -0.15) is 0 Å². The lowest BCUT2D eigenvalue weighted by Crippen LogP contribution is -2.10. The van der Waals surface area contributed by atoms with Crippen molar-refractivity contribution in [2.75, 3.05) is 17.6 Å². The summed E-state index contributed by atoms with van der Waals surface area (Å²) in [6, 6.07) is 14.7. The van der Waals surface area contributed by atoms with Crippen LogP contribution < -0.4 is 11.1 Å². The third-order valence-electron chi connectivity index (χ3n) is 2.90. The number of nitrogen functional groups attached to an aromatic ring is 1. The van der Waals surface area contributed by atoms with E-state index in [1.807, 2.05) is 18.2 Å². The van der Waals surface area contributed by atoms with Crippen LogP contribution in [0.1, 0.15) is 18.4 Å². The molecule has 2 rings (SSSR count). The van der Waals surface area contributed by atoms with Crippen LogP contribution in [0.4, 0.5) is 15.8 Å². The van der Waals surface area contributed by atoms with Gasteiger partial charge in [0.05, 0.1) is 0 Å². The first kappa shape index (κ1) is 12.4. The average Bonchev–Trinajstić information content (AvgIpc) is 2.36. The molecule has 0 aliphatic carbocycles. The highest BCUT2D eigenvalue weighted by atomic mass is 19.1. The van der Waals surface area contributed by atoms with Crippen LogP contribution >= 0.6 is 0 Å². The molecule has 1 atom stereocenters. The highest BCUT2D eigenvalue weighted by Crippen LogP contribution is 2.19. The smallest absolute Gasteiger partial charge is 0.127 e. The normalized spacial score (nSPS) is 12.1. The molecule has 18 heavy (non-hydrogen) atoms. The van der Waals surface area contributed by atoms with E-state index in [4.69, 9.17) is 5.73 Å². The SMILES string of the molecule is CC(CNc1cc(N)cc(F)c1)c1ccccc1. The standard InChI is InChI=1S/C15H17FN2/c1-11(12-5-3-2-4-6-12)10-18-15-8-13(16)7-14(17)9-15/h2-9,11,18H,10,17H2,1H3. The highest BCUT2D eigenvalue weighted by molar-refractivity contribution is 5.54. The second-order valence-electron chi connectivity index (χ2n) is 4.47. The number of halogens is 1. The molecular formula is C15H17FN2. The van der Waals surface area contributed by atoms with Crippen molar-refractivity contribution in [2.24, 2.45) is 0 Å². The van der Waals surface area contributed by atoms with Gasteiger partial charge in [0.15, 0.2) is 0 Å².